The van der Waals surface area contributed by atoms with E-state index < -0.39 is 16.1 Å². The lowest BCUT2D eigenvalue weighted by Crippen LogP contribution is -2.30. The van der Waals surface area contributed by atoms with E-state index in [9.17, 15) is 8.42 Å². The van der Waals surface area contributed by atoms with Crippen molar-refractivity contribution < 1.29 is 8.42 Å². The van der Waals surface area contributed by atoms with E-state index in [1.54, 1.807) is 12.1 Å². The average molecular weight is 502 g/mol. The lowest BCUT2D eigenvalue weighted by molar-refractivity contribution is 0.557. The summed E-state index contributed by atoms with van der Waals surface area (Å²) < 4.78 is 31.8. The van der Waals surface area contributed by atoms with Crippen molar-refractivity contribution in [3.63, 3.8) is 0 Å². The fraction of sp³-hybridized carbons (Fsp3) is 0.192. The van der Waals surface area contributed by atoms with Gasteiger partial charge >= 0.3 is 0 Å². The van der Waals surface area contributed by atoms with Gasteiger partial charge in [-0.2, -0.15) is 0 Å². The largest absolute Gasteiger partial charge is 0.259 e. The third-order valence-electron chi connectivity index (χ3n) is 6.42. The molecule has 0 amide bonds. The Morgan fingerprint density at radius 1 is 0.914 bits per heavy atom. The Labute approximate surface area is 207 Å². The molecule has 1 aliphatic rings. The number of aromatic nitrogens is 4. The summed E-state index contributed by atoms with van der Waals surface area (Å²) in [5, 5.41) is 11.3. The molecule has 0 radical (unpaired) electrons. The highest BCUT2D eigenvalue weighted by molar-refractivity contribution is 7.99. The van der Waals surface area contributed by atoms with Crippen LogP contribution in [0.4, 0.5) is 0 Å². The summed E-state index contributed by atoms with van der Waals surface area (Å²) in [7, 11) is -3.76. The van der Waals surface area contributed by atoms with Crippen molar-refractivity contribution in [2.75, 3.05) is 0 Å². The Morgan fingerprint density at radius 3 is 2.37 bits per heavy atom. The smallest absolute Gasteiger partial charge is 0.256 e. The molecular weight excluding hydrogens is 478 g/mol. The number of aryl methyl sites for hydroxylation is 3. The second kappa shape index (κ2) is 8.15. The van der Waals surface area contributed by atoms with Crippen LogP contribution in [0.15, 0.2) is 76.8 Å². The van der Waals surface area contributed by atoms with Gasteiger partial charge in [0.2, 0.25) is 10.0 Å². The second-order valence-electron chi connectivity index (χ2n) is 8.90. The maximum Gasteiger partial charge on any atom is 0.256 e. The molecule has 2 aromatic heterocycles. The molecule has 2 heterocycles. The van der Waals surface area contributed by atoms with Crippen LogP contribution in [0.1, 0.15) is 39.4 Å². The number of hydrogen-bond acceptors (Lipinski definition) is 6. The number of rotatable bonds is 5. The molecule has 0 saturated heterocycles. The van der Waals surface area contributed by atoms with E-state index in [0.29, 0.717) is 10.9 Å². The van der Waals surface area contributed by atoms with Gasteiger partial charge in [0.15, 0.2) is 5.16 Å². The van der Waals surface area contributed by atoms with Gasteiger partial charge in [-0.3, -0.25) is 4.40 Å². The summed E-state index contributed by atoms with van der Waals surface area (Å²) in [6.07, 6.45) is 0. The number of nitrogens with one attached hydrogen (secondary N) is 1. The molecule has 35 heavy (non-hydrogen) atoms. The Bertz CT molecular complexity index is 1710. The fourth-order valence-corrected chi connectivity index (χ4v) is 7.47. The molecular formula is C26H23N5O2S2. The maximum atomic E-state index is 13.5. The molecule has 0 saturated carbocycles. The van der Waals surface area contributed by atoms with Crippen LogP contribution in [-0.4, -0.2) is 28.0 Å². The van der Waals surface area contributed by atoms with Crippen LogP contribution in [0.3, 0.4) is 0 Å². The molecule has 0 unspecified atom stereocenters. The number of sulfonamides is 1. The van der Waals surface area contributed by atoms with Crippen LogP contribution in [0, 0.1) is 20.8 Å². The van der Waals surface area contributed by atoms with Crippen molar-refractivity contribution in [1.29, 1.82) is 0 Å². The Hall–Kier alpha value is -3.27. The minimum Gasteiger partial charge on any atom is -0.259 e. The summed E-state index contributed by atoms with van der Waals surface area (Å²) in [4.78, 5) is 4.75. The molecule has 1 N–H and O–H groups in total. The topological polar surface area (TPSA) is 89.2 Å². The van der Waals surface area contributed by atoms with E-state index in [4.69, 9.17) is 0 Å². The molecule has 9 heteroatoms. The summed E-state index contributed by atoms with van der Waals surface area (Å²) in [6.45, 7) is 5.86. The monoisotopic (exact) mass is 501 g/mol. The van der Waals surface area contributed by atoms with Gasteiger partial charge in [0.1, 0.15) is 0 Å². The first-order valence-corrected chi connectivity index (χ1v) is 13.6. The molecule has 0 spiro atoms. The van der Waals surface area contributed by atoms with Gasteiger partial charge in [-0.15, -0.1) is 10.2 Å². The molecule has 5 aromatic rings. The molecule has 176 valence electrons. The minimum atomic E-state index is -3.76. The van der Waals surface area contributed by atoms with E-state index in [-0.39, 0.29) is 10.1 Å². The highest BCUT2D eigenvalue weighted by Crippen LogP contribution is 2.53. The zero-order valence-corrected chi connectivity index (χ0v) is 21.1. The highest BCUT2D eigenvalue weighted by Gasteiger charge is 2.38. The number of fused-ring (bicyclic) bond motifs is 1. The molecule has 0 bridgehead atoms. The van der Waals surface area contributed by atoms with Crippen LogP contribution in [0.5, 0.6) is 0 Å². The van der Waals surface area contributed by atoms with Crippen LogP contribution in [0.25, 0.3) is 16.6 Å². The molecule has 1 aliphatic carbocycles. The highest BCUT2D eigenvalue weighted by atomic mass is 32.2. The first kappa shape index (κ1) is 22.2. The maximum absolute atomic E-state index is 13.5. The predicted octanol–water partition coefficient (Wildman–Crippen LogP) is 5.07. The van der Waals surface area contributed by atoms with Crippen molar-refractivity contribution >= 4 is 38.3 Å². The van der Waals surface area contributed by atoms with Gasteiger partial charge in [-0.25, -0.2) is 18.1 Å². The minimum absolute atomic E-state index is 0.232. The number of benzene rings is 3. The van der Waals surface area contributed by atoms with Crippen molar-refractivity contribution in [3.8, 4) is 0 Å². The molecule has 3 aromatic carbocycles. The van der Waals surface area contributed by atoms with Crippen molar-refractivity contribution in [2.45, 2.75) is 42.1 Å². The Balaban J connectivity index is 1.47. The number of thioether (sulfide) groups is 1. The van der Waals surface area contributed by atoms with Gasteiger partial charge < -0.3 is 0 Å². The molecule has 0 aliphatic heterocycles. The van der Waals surface area contributed by atoms with Crippen LogP contribution in [0.2, 0.25) is 0 Å². The third-order valence-corrected chi connectivity index (χ3v) is 9.13. The summed E-state index contributed by atoms with van der Waals surface area (Å²) in [5.41, 5.74) is 4.90. The van der Waals surface area contributed by atoms with Crippen molar-refractivity contribution in [2.24, 2.45) is 0 Å². The lowest BCUT2D eigenvalue weighted by atomic mass is 10.1. The summed E-state index contributed by atoms with van der Waals surface area (Å²) in [6, 6.07) is 20.6. The van der Waals surface area contributed by atoms with Gasteiger partial charge in [-0.05, 0) is 60.9 Å². The van der Waals surface area contributed by atoms with Crippen LogP contribution >= 0.6 is 11.8 Å². The van der Waals surface area contributed by atoms with Crippen molar-refractivity contribution in [1.82, 2.24) is 24.3 Å². The molecule has 0 fully saturated rings. The Morgan fingerprint density at radius 2 is 1.63 bits per heavy atom. The van der Waals surface area contributed by atoms with Gasteiger partial charge in [0.25, 0.3) is 5.78 Å². The van der Waals surface area contributed by atoms with Crippen molar-refractivity contribution in [3.05, 3.63) is 94.8 Å². The molecule has 2 atom stereocenters. The number of hydrogen-bond donors (Lipinski definition) is 1. The number of nitrogens with zero attached hydrogens (tertiary/aromatic N) is 4. The second-order valence-corrected chi connectivity index (χ2v) is 11.7. The molecule has 6 rings (SSSR count). The standard InChI is InChI=1S/C26H23N5O2S2/c1-15-10-12-19(13-11-15)35(32,33)30-23-20-8-4-6-18-7-5-9-21(22(18)20)24(23)34-26-29-28-25-27-16(2)14-17(3)31(25)26/h4-14,23-24,30H,1-3H3/t23-,24+/m1/s1. The van der Waals surface area contributed by atoms with Gasteiger partial charge in [0, 0.05) is 11.4 Å². The predicted molar refractivity (Wildman–Crippen MR) is 137 cm³/mol. The summed E-state index contributed by atoms with van der Waals surface area (Å²) >= 11 is 1.51. The molecule has 7 nitrogen and oxygen atoms in total. The van der Waals surface area contributed by atoms with E-state index in [2.05, 4.69) is 38.1 Å². The summed E-state index contributed by atoms with van der Waals surface area (Å²) in [5.74, 6) is 0.538. The first-order chi connectivity index (χ1) is 16.8. The third kappa shape index (κ3) is 3.71. The van der Waals surface area contributed by atoms with Gasteiger partial charge in [0.05, 0.1) is 16.2 Å². The quantitative estimate of drug-likeness (QED) is 0.362. The Kier molecular flexibility index (Phi) is 5.17. The first-order valence-electron chi connectivity index (χ1n) is 11.3. The van der Waals surface area contributed by atoms with Crippen LogP contribution in [-0.2, 0) is 10.0 Å². The SMILES string of the molecule is Cc1ccc(S(=O)(=O)N[C@@H]2c3cccc4cccc(c34)[C@@H]2Sc2nnc3nc(C)cc(C)n23)cc1. The lowest BCUT2D eigenvalue weighted by Gasteiger charge is -2.22. The zero-order valence-electron chi connectivity index (χ0n) is 19.4. The average Bonchev–Trinajstić information content (AvgIpc) is 3.35. The van der Waals surface area contributed by atoms with E-state index in [0.717, 1.165) is 38.9 Å². The van der Waals surface area contributed by atoms with E-state index in [1.165, 1.54) is 11.8 Å². The van der Waals surface area contributed by atoms with Crippen LogP contribution < -0.4 is 4.72 Å². The fourth-order valence-electron chi connectivity index (χ4n) is 4.84. The van der Waals surface area contributed by atoms with E-state index in [1.807, 2.05) is 61.6 Å². The normalized spacial score (nSPS) is 17.5. The van der Waals surface area contributed by atoms with Gasteiger partial charge in [-0.1, -0.05) is 65.9 Å². The zero-order chi connectivity index (χ0) is 24.3. The van der Waals surface area contributed by atoms with E-state index >= 15 is 0 Å².